The van der Waals surface area contributed by atoms with Gasteiger partial charge < -0.3 is 5.32 Å². The van der Waals surface area contributed by atoms with Crippen molar-refractivity contribution in [2.24, 2.45) is 0 Å². The minimum atomic E-state index is -0.278. The first kappa shape index (κ1) is 18.8. The zero-order valence-electron chi connectivity index (χ0n) is 15.9. The van der Waals surface area contributed by atoms with Crippen LogP contribution in [0.25, 0.3) is 0 Å². The SMILES string of the molecule is Cc1ccc([C@@H](C)NC(=O)CCCN2C(=O)c3ccccc3C2=O)c(C)c1. The number of rotatable bonds is 6. The van der Waals surface area contributed by atoms with Gasteiger partial charge in [0.1, 0.15) is 0 Å². The standard InChI is InChI=1S/C22H24N2O3/c1-14-10-11-17(15(2)13-14)16(3)23-20(25)9-6-12-24-21(26)18-7-4-5-8-19(18)22(24)27/h4-5,7-8,10-11,13,16H,6,9,12H2,1-3H3,(H,23,25)/t16-/m1/s1. The molecule has 0 radical (unpaired) electrons. The summed E-state index contributed by atoms with van der Waals surface area (Å²) in [5.74, 6) is -0.640. The number of nitrogens with one attached hydrogen (secondary N) is 1. The summed E-state index contributed by atoms with van der Waals surface area (Å²) in [4.78, 5) is 38.1. The third-order valence-corrected chi connectivity index (χ3v) is 4.93. The zero-order valence-corrected chi connectivity index (χ0v) is 15.9. The first-order valence-corrected chi connectivity index (χ1v) is 9.20. The van der Waals surface area contributed by atoms with E-state index in [0.717, 1.165) is 11.1 Å². The second kappa shape index (κ2) is 7.74. The Bertz CT molecular complexity index is 869. The van der Waals surface area contributed by atoms with Crippen LogP contribution in [0.3, 0.4) is 0 Å². The van der Waals surface area contributed by atoms with Crippen LogP contribution in [0.4, 0.5) is 0 Å². The Morgan fingerprint density at radius 1 is 1.04 bits per heavy atom. The first-order valence-electron chi connectivity index (χ1n) is 9.20. The monoisotopic (exact) mass is 364 g/mol. The largest absolute Gasteiger partial charge is 0.350 e. The summed E-state index contributed by atoms with van der Waals surface area (Å²) in [6.07, 6.45) is 0.708. The molecule has 0 aliphatic carbocycles. The van der Waals surface area contributed by atoms with Crippen molar-refractivity contribution in [3.05, 3.63) is 70.3 Å². The maximum absolute atomic E-state index is 12.3. The molecule has 2 aromatic rings. The molecule has 0 aromatic heterocycles. The zero-order chi connectivity index (χ0) is 19.6. The Hall–Kier alpha value is -2.95. The molecule has 140 valence electrons. The lowest BCUT2D eigenvalue weighted by Crippen LogP contribution is -2.32. The summed E-state index contributed by atoms with van der Waals surface area (Å²) < 4.78 is 0. The van der Waals surface area contributed by atoms with Crippen LogP contribution in [-0.2, 0) is 4.79 Å². The van der Waals surface area contributed by atoms with Crippen molar-refractivity contribution in [3.8, 4) is 0 Å². The molecule has 5 nitrogen and oxygen atoms in total. The smallest absolute Gasteiger partial charge is 0.261 e. The number of hydrogen-bond acceptors (Lipinski definition) is 3. The van der Waals surface area contributed by atoms with Gasteiger partial charge in [-0.05, 0) is 50.5 Å². The molecule has 0 saturated heterocycles. The quantitative estimate of drug-likeness (QED) is 0.797. The normalized spacial score (nSPS) is 14.3. The van der Waals surface area contributed by atoms with Gasteiger partial charge in [0.05, 0.1) is 17.2 Å². The molecule has 3 amide bonds. The number of hydrogen-bond donors (Lipinski definition) is 1. The van der Waals surface area contributed by atoms with Crippen LogP contribution in [0.5, 0.6) is 0 Å². The van der Waals surface area contributed by atoms with Gasteiger partial charge in [0.2, 0.25) is 5.91 Å². The van der Waals surface area contributed by atoms with Gasteiger partial charge in [0.25, 0.3) is 11.8 Å². The highest BCUT2D eigenvalue weighted by molar-refractivity contribution is 6.21. The number of carbonyl (C=O) groups excluding carboxylic acids is 3. The maximum Gasteiger partial charge on any atom is 0.261 e. The van der Waals surface area contributed by atoms with Crippen LogP contribution < -0.4 is 5.32 Å². The molecule has 0 fully saturated rings. The fourth-order valence-electron chi connectivity index (χ4n) is 3.54. The summed E-state index contributed by atoms with van der Waals surface area (Å²) in [5.41, 5.74) is 4.31. The van der Waals surface area contributed by atoms with Crippen molar-refractivity contribution >= 4 is 17.7 Å². The Morgan fingerprint density at radius 2 is 1.67 bits per heavy atom. The van der Waals surface area contributed by atoms with E-state index in [9.17, 15) is 14.4 Å². The number of nitrogens with zero attached hydrogens (tertiary/aromatic N) is 1. The van der Waals surface area contributed by atoms with Crippen LogP contribution >= 0.6 is 0 Å². The van der Waals surface area contributed by atoms with Crippen LogP contribution in [0.2, 0.25) is 0 Å². The van der Waals surface area contributed by atoms with Crippen LogP contribution in [0.1, 0.15) is 63.2 Å². The summed E-state index contributed by atoms with van der Waals surface area (Å²) >= 11 is 0. The van der Waals surface area contributed by atoms with E-state index in [4.69, 9.17) is 0 Å². The van der Waals surface area contributed by atoms with Gasteiger partial charge in [-0.25, -0.2) is 0 Å². The van der Waals surface area contributed by atoms with Gasteiger partial charge in [-0.15, -0.1) is 0 Å². The van der Waals surface area contributed by atoms with E-state index >= 15 is 0 Å². The summed E-state index contributed by atoms with van der Waals surface area (Å²) in [6, 6.07) is 12.9. The van der Waals surface area contributed by atoms with Crippen molar-refractivity contribution in [1.29, 1.82) is 0 Å². The molecule has 0 spiro atoms. The van der Waals surface area contributed by atoms with E-state index < -0.39 is 0 Å². The molecule has 1 atom stereocenters. The van der Waals surface area contributed by atoms with Gasteiger partial charge in [0, 0.05) is 13.0 Å². The summed E-state index contributed by atoms with van der Waals surface area (Å²) in [7, 11) is 0. The van der Waals surface area contributed by atoms with Crippen LogP contribution in [-0.4, -0.2) is 29.2 Å². The molecular weight excluding hydrogens is 340 g/mol. The van der Waals surface area contributed by atoms with E-state index in [1.807, 2.05) is 32.9 Å². The first-order chi connectivity index (χ1) is 12.9. The molecular formula is C22H24N2O3. The fraction of sp³-hybridized carbons (Fsp3) is 0.318. The van der Waals surface area contributed by atoms with E-state index in [1.54, 1.807) is 24.3 Å². The van der Waals surface area contributed by atoms with E-state index in [-0.39, 0.29) is 36.7 Å². The number of fused-ring (bicyclic) bond motifs is 1. The number of imide groups is 1. The fourth-order valence-corrected chi connectivity index (χ4v) is 3.54. The van der Waals surface area contributed by atoms with Crippen LogP contribution in [0, 0.1) is 13.8 Å². The highest BCUT2D eigenvalue weighted by Crippen LogP contribution is 2.23. The third kappa shape index (κ3) is 3.92. The van der Waals surface area contributed by atoms with Gasteiger partial charge in [-0.2, -0.15) is 0 Å². The number of aryl methyl sites for hydroxylation is 2. The Kier molecular flexibility index (Phi) is 5.40. The minimum absolute atomic E-state index is 0.0842. The van der Waals surface area contributed by atoms with E-state index in [0.29, 0.717) is 17.5 Å². The van der Waals surface area contributed by atoms with Crippen molar-refractivity contribution in [1.82, 2.24) is 10.2 Å². The van der Waals surface area contributed by atoms with Gasteiger partial charge in [-0.3, -0.25) is 19.3 Å². The average molecular weight is 364 g/mol. The highest BCUT2D eigenvalue weighted by atomic mass is 16.2. The molecule has 0 bridgehead atoms. The molecule has 1 aliphatic rings. The Morgan fingerprint density at radius 3 is 2.26 bits per heavy atom. The van der Waals surface area contributed by atoms with Crippen molar-refractivity contribution in [3.63, 3.8) is 0 Å². The maximum atomic E-state index is 12.3. The topological polar surface area (TPSA) is 66.5 Å². The average Bonchev–Trinajstić information content (AvgIpc) is 2.87. The van der Waals surface area contributed by atoms with E-state index in [2.05, 4.69) is 11.4 Å². The van der Waals surface area contributed by atoms with Crippen molar-refractivity contribution in [2.75, 3.05) is 6.54 Å². The Balaban J connectivity index is 1.52. The summed E-state index contributed by atoms with van der Waals surface area (Å²) in [6.45, 7) is 6.28. The molecule has 1 aliphatic heterocycles. The lowest BCUT2D eigenvalue weighted by atomic mass is 10.00. The number of amides is 3. The van der Waals surface area contributed by atoms with Gasteiger partial charge in [0.15, 0.2) is 0 Å². The molecule has 2 aromatic carbocycles. The van der Waals surface area contributed by atoms with Gasteiger partial charge >= 0.3 is 0 Å². The second-order valence-corrected chi connectivity index (χ2v) is 7.06. The Labute approximate surface area is 159 Å². The molecule has 0 unspecified atom stereocenters. The van der Waals surface area contributed by atoms with E-state index in [1.165, 1.54) is 10.5 Å². The highest BCUT2D eigenvalue weighted by Gasteiger charge is 2.34. The summed E-state index contributed by atoms with van der Waals surface area (Å²) in [5, 5.41) is 2.99. The molecule has 1 N–H and O–H groups in total. The van der Waals surface area contributed by atoms with Crippen LogP contribution in [0.15, 0.2) is 42.5 Å². The third-order valence-electron chi connectivity index (χ3n) is 4.93. The predicted molar refractivity (Wildman–Crippen MR) is 104 cm³/mol. The lowest BCUT2D eigenvalue weighted by molar-refractivity contribution is -0.121. The van der Waals surface area contributed by atoms with Crippen molar-refractivity contribution in [2.45, 2.75) is 39.7 Å². The predicted octanol–water partition coefficient (Wildman–Crippen LogP) is 3.56. The number of carbonyl (C=O) groups is 3. The molecule has 5 heteroatoms. The minimum Gasteiger partial charge on any atom is -0.350 e. The molecule has 27 heavy (non-hydrogen) atoms. The molecule has 0 saturated carbocycles. The lowest BCUT2D eigenvalue weighted by Gasteiger charge is -2.18. The molecule has 1 heterocycles. The second-order valence-electron chi connectivity index (χ2n) is 7.06. The van der Waals surface area contributed by atoms with Crippen molar-refractivity contribution < 1.29 is 14.4 Å². The van der Waals surface area contributed by atoms with Gasteiger partial charge in [-0.1, -0.05) is 35.9 Å². The number of benzene rings is 2. The molecule has 3 rings (SSSR count).